The molecular weight excluding hydrogens is 429 g/mol. The molecule has 0 bridgehead atoms. The van der Waals surface area contributed by atoms with Gasteiger partial charge in [0, 0.05) is 31.9 Å². The first-order valence-electron chi connectivity index (χ1n) is 8.66. The summed E-state index contributed by atoms with van der Waals surface area (Å²) in [5, 5.41) is 8.13. The quantitative estimate of drug-likeness (QED) is 0.620. The molecule has 5 nitrogen and oxygen atoms in total. The van der Waals surface area contributed by atoms with Crippen LogP contribution in [0.2, 0.25) is 0 Å². The molecule has 3 rings (SSSR count). The summed E-state index contributed by atoms with van der Waals surface area (Å²) in [4.78, 5) is 16.1. The number of piperazine rings is 1. The Hall–Kier alpha value is -1.46. The molecule has 0 aliphatic carbocycles. The molecule has 0 atom stereocenters. The molecule has 28 heavy (non-hydrogen) atoms. The van der Waals surface area contributed by atoms with Crippen molar-refractivity contribution in [2.45, 2.75) is 21.8 Å². The van der Waals surface area contributed by atoms with Crippen LogP contribution in [0.3, 0.4) is 0 Å². The van der Waals surface area contributed by atoms with E-state index < -0.39 is 11.7 Å². The lowest BCUT2D eigenvalue weighted by Gasteiger charge is -2.36. The molecule has 0 saturated carbocycles. The third kappa shape index (κ3) is 5.54. The van der Waals surface area contributed by atoms with E-state index in [0.717, 1.165) is 26.6 Å². The second-order valence-electron chi connectivity index (χ2n) is 5.97. The number of anilines is 1. The normalized spacial score (nSPS) is 15.1. The van der Waals surface area contributed by atoms with Gasteiger partial charge in [0.15, 0.2) is 8.68 Å². The highest BCUT2D eigenvalue weighted by atomic mass is 32.2. The smallest absolute Gasteiger partial charge is 0.368 e. The van der Waals surface area contributed by atoms with Crippen LogP contribution in [0.1, 0.15) is 12.5 Å². The molecule has 2 aromatic rings. The highest BCUT2D eigenvalue weighted by Gasteiger charge is 2.31. The zero-order chi connectivity index (χ0) is 20.1. The molecule has 1 aromatic heterocycles. The molecule has 0 unspecified atom stereocenters. The van der Waals surface area contributed by atoms with Gasteiger partial charge in [-0.2, -0.15) is 13.2 Å². The molecule has 1 aromatic carbocycles. The number of rotatable bonds is 6. The van der Waals surface area contributed by atoms with Gasteiger partial charge in [0.1, 0.15) is 0 Å². The van der Waals surface area contributed by atoms with Crippen LogP contribution in [0.5, 0.6) is 0 Å². The van der Waals surface area contributed by atoms with E-state index in [-0.39, 0.29) is 11.7 Å². The lowest BCUT2D eigenvalue weighted by Crippen LogP contribution is -2.49. The van der Waals surface area contributed by atoms with Crippen LogP contribution in [0.25, 0.3) is 0 Å². The lowest BCUT2D eigenvalue weighted by atomic mass is 10.1. The summed E-state index contributed by atoms with van der Waals surface area (Å²) in [6.07, 6.45) is -4.36. The van der Waals surface area contributed by atoms with E-state index in [2.05, 4.69) is 10.2 Å². The third-order valence-electron chi connectivity index (χ3n) is 4.15. The molecule has 1 saturated heterocycles. The average molecular weight is 449 g/mol. The van der Waals surface area contributed by atoms with Crippen molar-refractivity contribution in [3.63, 3.8) is 0 Å². The van der Waals surface area contributed by atoms with Gasteiger partial charge in [0.2, 0.25) is 5.91 Å². The SMILES string of the molecule is CCSc1nnc(SCC(=O)N2CCN(c3cccc(C(F)(F)F)c3)CC2)s1. The molecule has 2 heterocycles. The van der Waals surface area contributed by atoms with Crippen LogP contribution in [-0.4, -0.2) is 58.7 Å². The summed E-state index contributed by atoms with van der Waals surface area (Å²) in [5.41, 5.74) is -0.122. The van der Waals surface area contributed by atoms with Crippen molar-refractivity contribution in [3.05, 3.63) is 29.8 Å². The number of hydrogen-bond acceptors (Lipinski definition) is 7. The maximum atomic E-state index is 12.9. The summed E-state index contributed by atoms with van der Waals surface area (Å²) in [7, 11) is 0. The number of amides is 1. The van der Waals surface area contributed by atoms with Crippen LogP contribution in [-0.2, 0) is 11.0 Å². The fourth-order valence-electron chi connectivity index (χ4n) is 2.75. The Kier molecular flexibility index (Phi) is 7.10. The minimum absolute atomic E-state index is 0.00795. The molecule has 0 N–H and O–H groups in total. The second kappa shape index (κ2) is 9.36. The summed E-state index contributed by atoms with van der Waals surface area (Å²) in [5.74, 6) is 1.22. The maximum Gasteiger partial charge on any atom is 0.416 e. The Morgan fingerprint density at radius 1 is 1.14 bits per heavy atom. The number of thioether (sulfide) groups is 2. The van der Waals surface area contributed by atoms with E-state index >= 15 is 0 Å². The van der Waals surface area contributed by atoms with E-state index in [0.29, 0.717) is 31.9 Å². The number of benzene rings is 1. The molecule has 1 fully saturated rings. The molecule has 0 radical (unpaired) electrons. The number of nitrogens with zero attached hydrogens (tertiary/aromatic N) is 4. The van der Waals surface area contributed by atoms with Crippen molar-refractivity contribution >= 4 is 46.5 Å². The number of halogens is 3. The van der Waals surface area contributed by atoms with Gasteiger partial charge in [-0.05, 0) is 24.0 Å². The molecule has 1 aliphatic heterocycles. The summed E-state index contributed by atoms with van der Waals surface area (Å²) in [6, 6.07) is 5.32. The summed E-state index contributed by atoms with van der Waals surface area (Å²) >= 11 is 4.47. The highest BCUT2D eigenvalue weighted by molar-refractivity contribution is 8.03. The average Bonchev–Trinajstić information content (AvgIpc) is 3.13. The Bertz CT molecular complexity index is 807. The number of alkyl halides is 3. The minimum Gasteiger partial charge on any atom is -0.368 e. The molecule has 11 heteroatoms. The van der Waals surface area contributed by atoms with E-state index in [1.165, 1.54) is 29.2 Å². The molecule has 1 aliphatic rings. The van der Waals surface area contributed by atoms with Crippen LogP contribution in [0.15, 0.2) is 32.9 Å². The third-order valence-corrected chi connectivity index (χ3v) is 7.20. The number of carbonyl (C=O) groups is 1. The minimum atomic E-state index is -4.36. The van der Waals surface area contributed by atoms with Gasteiger partial charge >= 0.3 is 6.18 Å². The van der Waals surface area contributed by atoms with Crippen LogP contribution in [0, 0.1) is 0 Å². The first-order chi connectivity index (χ1) is 13.4. The van der Waals surface area contributed by atoms with Crippen molar-refractivity contribution in [2.24, 2.45) is 0 Å². The first-order valence-corrected chi connectivity index (χ1v) is 11.4. The monoisotopic (exact) mass is 448 g/mol. The van der Waals surface area contributed by atoms with Gasteiger partial charge in [0.25, 0.3) is 0 Å². The van der Waals surface area contributed by atoms with Gasteiger partial charge in [-0.3, -0.25) is 4.79 Å². The Labute approximate surface area is 173 Å². The number of carbonyl (C=O) groups excluding carboxylic acids is 1. The predicted molar refractivity (Wildman–Crippen MR) is 107 cm³/mol. The maximum absolute atomic E-state index is 12.9. The van der Waals surface area contributed by atoms with Crippen molar-refractivity contribution in [3.8, 4) is 0 Å². The van der Waals surface area contributed by atoms with Crippen molar-refractivity contribution in [1.29, 1.82) is 0 Å². The van der Waals surface area contributed by atoms with E-state index in [1.807, 2.05) is 11.8 Å². The Morgan fingerprint density at radius 3 is 2.46 bits per heavy atom. The summed E-state index contributed by atoms with van der Waals surface area (Å²) < 4.78 is 40.3. The summed E-state index contributed by atoms with van der Waals surface area (Å²) in [6.45, 7) is 4.04. The standard InChI is InChI=1S/C17H19F3N4OS3/c1-2-26-15-21-22-16(28-15)27-11-14(25)24-8-6-23(7-9-24)13-5-3-4-12(10-13)17(18,19)20/h3-5,10H,2,6-9,11H2,1H3. The van der Waals surface area contributed by atoms with Crippen LogP contribution in [0.4, 0.5) is 18.9 Å². The molecule has 152 valence electrons. The van der Waals surface area contributed by atoms with E-state index in [1.54, 1.807) is 22.7 Å². The fourth-order valence-corrected chi connectivity index (χ4v) is 5.56. The largest absolute Gasteiger partial charge is 0.416 e. The molecular formula is C17H19F3N4OS3. The topological polar surface area (TPSA) is 49.3 Å². The van der Waals surface area contributed by atoms with Crippen molar-refractivity contribution < 1.29 is 18.0 Å². The van der Waals surface area contributed by atoms with Crippen LogP contribution >= 0.6 is 34.9 Å². The number of hydrogen-bond donors (Lipinski definition) is 0. The predicted octanol–water partition coefficient (Wildman–Crippen LogP) is 4.11. The highest BCUT2D eigenvalue weighted by Crippen LogP contribution is 2.32. The zero-order valence-electron chi connectivity index (χ0n) is 15.1. The first kappa shape index (κ1) is 21.3. The fraction of sp³-hybridized carbons (Fsp3) is 0.471. The van der Waals surface area contributed by atoms with E-state index in [9.17, 15) is 18.0 Å². The molecule has 1 amide bonds. The van der Waals surface area contributed by atoms with Crippen LogP contribution < -0.4 is 4.90 Å². The zero-order valence-corrected chi connectivity index (χ0v) is 17.6. The van der Waals surface area contributed by atoms with Crippen molar-refractivity contribution in [1.82, 2.24) is 15.1 Å². The Morgan fingerprint density at radius 2 is 1.82 bits per heavy atom. The van der Waals surface area contributed by atoms with Gasteiger partial charge in [-0.15, -0.1) is 10.2 Å². The second-order valence-corrected chi connectivity index (χ2v) is 9.68. The van der Waals surface area contributed by atoms with Gasteiger partial charge < -0.3 is 9.80 Å². The molecule has 0 spiro atoms. The van der Waals surface area contributed by atoms with Crippen molar-refractivity contribution in [2.75, 3.05) is 42.6 Å². The van der Waals surface area contributed by atoms with Gasteiger partial charge in [-0.1, -0.05) is 47.9 Å². The van der Waals surface area contributed by atoms with Gasteiger partial charge in [-0.25, -0.2) is 0 Å². The number of aromatic nitrogens is 2. The van der Waals surface area contributed by atoms with Gasteiger partial charge in [0.05, 0.1) is 11.3 Å². The van der Waals surface area contributed by atoms with E-state index in [4.69, 9.17) is 0 Å². The Balaban J connectivity index is 1.50. The lowest BCUT2D eigenvalue weighted by molar-refractivity contribution is -0.137.